The first kappa shape index (κ1) is 10.8. The van der Waals surface area contributed by atoms with Crippen molar-refractivity contribution in [2.24, 2.45) is 5.92 Å². The lowest BCUT2D eigenvalue weighted by atomic mass is 9.97. The molecule has 0 radical (unpaired) electrons. The summed E-state index contributed by atoms with van der Waals surface area (Å²) in [6.45, 7) is 0.881. The second-order valence-corrected chi connectivity index (χ2v) is 4.55. The van der Waals surface area contributed by atoms with Gasteiger partial charge in [0.1, 0.15) is 11.6 Å². The van der Waals surface area contributed by atoms with E-state index in [1.165, 1.54) is 0 Å². The molecule has 0 aromatic heterocycles. The Hall–Kier alpha value is -0.700. The van der Waals surface area contributed by atoms with Crippen molar-refractivity contribution in [2.75, 3.05) is 6.61 Å². The Kier molecular flexibility index (Phi) is 3.52. The van der Waals surface area contributed by atoms with E-state index in [0.29, 0.717) is 18.9 Å². The van der Waals surface area contributed by atoms with Gasteiger partial charge in [0, 0.05) is 19.4 Å². The molecule has 0 N–H and O–H groups in total. The highest BCUT2D eigenvalue weighted by atomic mass is 16.5. The van der Waals surface area contributed by atoms with Crippen LogP contribution in [0.15, 0.2) is 0 Å². The molecule has 0 spiro atoms. The van der Waals surface area contributed by atoms with Crippen LogP contribution in [-0.2, 0) is 14.3 Å². The molecule has 84 valence electrons. The molecule has 0 bridgehead atoms. The molecule has 1 saturated carbocycles. The summed E-state index contributed by atoms with van der Waals surface area (Å²) in [5.41, 5.74) is 0. The number of carbonyl (C=O) groups excluding carboxylic acids is 2. The topological polar surface area (TPSA) is 43.4 Å². The molecular weight excluding hydrogens is 192 g/mol. The summed E-state index contributed by atoms with van der Waals surface area (Å²) in [7, 11) is 0. The maximum Gasteiger partial charge on any atom is 0.143 e. The molecule has 1 saturated heterocycles. The SMILES string of the molecule is O=C1CCC(=O)C1CCCC1CCCO1. The molecule has 1 aliphatic heterocycles. The Bertz CT molecular complexity index is 238. The highest BCUT2D eigenvalue weighted by Gasteiger charge is 2.32. The molecule has 3 heteroatoms. The van der Waals surface area contributed by atoms with Crippen LogP contribution in [-0.4, -0.2) is 24.3 Å². The number of rotatable bonds is 4. The molecule has 1 aliphatic carbocycles. The van der Waals surface area contributed by atoms with Crippen molar-refractivity contribution in [3.63, 3.8) is 0 Å². The van der Waals surface area contributed by atoms with Crippen molar-refractivity contribution in [2.45, 2.75) is 51.0 Å². The minimum Gasteiger partial charge on any atom is -0.378 e. The second kappa shape index (κ2) is 4.88. The van der Waals surface area contributed by atoms with Crippen LogP contribution in [0.4, 0.5) is 0 Å². The molecule has 0 aromatic carbocycles. The zero-order valence-corrected chi connectivity index (χ0v) is 9.04. The van der Waals surface area contributed by atoms with Crippen molar-refractivity contribution in [1.82, 2.24) is 0 Å². The van der Waals surface area contributed by atoms with Crippen LogP contribution in [0.1, 0.15) is 44.9 Å². The van der Waals surface area contributed by atoms with Crippen LogP contribution in [0.2, 0.25) is 0 Å². The van der Waals surface area contributed by atoms with Gasteiger partial charge in [-0.25, -0.2) is 0 Å². The van der Waals surface area contributed by atoms with E-state index < -0.39 is 0 Å². The van der Waals surface area contributed by atoms with Gasteiger partial charge < -0.3 is 4.74 Å². The van der Waals surface area contributed by atoms with Gasteiger partial charge in [0.15, 0.2) is 0 Å². The number of ether oxygens (including phenoxy) is 1. The average Bonchev–Trinajstić information content (AvgIpc) is 2.82. The Balaban J connectivity index is 1.68. The molecule has 2 rings (SSSR count). The first-order valence-electron chi connectivity index (χ1n) is 5.94. The summed E-state index contributed by atoms with van der Waals surface area (Å²) in [6.07, 6.45) is 6.35. The monoisotopic (exact) mass is 210 g/mol. The summed E-state index contributed by atoms with van der Waals surface area (Å²) in [6, 6.07) is 0. The molecule has 1 heterocycles. The molecular formula is C12H18O3. The van der Waals surface area contributed by atoms with E-state index in [4.69, 9.17) is 4.74 Å². The Morgan fingerprint density at radius 3 is 2.47 bits per heavy atom. The van der Waals surface area contributed by atoms with Gasteiger partial charge >= 0.3 is 0 Å². The minimum absolute atomic E-state index is 0.160. The highest BCUT2D eigenvalue weighted by Crippen LogP contribution is 2.25. The fourth-order valence-corrected chi connectivity index (χ4v) is 2.52. The lowest BCUT2D eigenvalue weighted by molar-refractivity contribution is -0.127. The average molecular weight is 210 g/mol. The molecule has 0 amide bonds. The van der Waals surface area contributed by atoms with Crippen molar-refractivity contribution in [3.05, 3.63) is 0 Å². The fraction of sp³-hybridized carbons (Fsp3) is 0.833. The summed E-state index contributed by atoms with van der Waals surface area (Å²) < 4.78 is 5.50. The Labute approximate surface area is 90.2 Å². The van der Waals surface area contributed by atoms with Crippen molar-refractivity contribution in [1.29, 1.82) is 0 Å². The molecule has 1 atom stereocenters. The third-order valence-corrected chi connectivity index (χ3v) is 3.44. The van der Waals surface area contributed by atoms with E-state index in [9.17, 15) is 9.59 Å². The number of hydrogen-bond acceptors (Lipinski definition) is 3. The van der Waals surface area contributed by atoms with Gasteiger partial charge in [-0.2, -0.15) is 0 Å². The normalized spacial score (nSPS) is 27.9. The maximum atomic E-state index is 11.4. The second-order valence-electron chi connectivity index (χ2n) is 4.55. The molecule has 3 nitrogen and oxygen atoms in total. The first-order valence-corrected chi connectivity index (χ1v) is 5.94. The van der Waals surface area contributed by atoms with Gasteiger partial charge in [-0.15, -0.1) is 0 Å². The fourth-order valence-electron chi connectivity index (χ4n) is 2.52. The molecule has 1 unspecified atom stereocenters. The van der Waals surface area contributed by atoms with Crippen LogP contribution in [0, 0.1) is 5.92 Å². The highest BCUT2D eigenvalue weighted by molar-refractivity contribution is 6.08. The van der Waals surface area contributed by atoms with Gasteiger partial charge in [-0.1, -0.05) is 0 Å². The van der Waals surface area contributed by atoms with Gasteiger partial charge in [0.05, 0.1) is 12.0 Å². The van der Waals surface area contributed by atoms with Crippen LogP contribution in [0.5, 0.6) is 0 Å². The van der Waals surface area contributed by atoms with E-state index >= 15 is 0 Å². The number of ketones is 2. The van der Waals surface area contributed by atoms with E-state index in [-0.39, 0.29) is 17.5 Å². The minimum atomic E-state index is -0.272. The number of carbonyl (C=O) groups is 2. The largest absolute Gasteiger partial charge is 0.378 e. The van der Waals surface area contributed by atoms with E-state index in [2.05, 4.69) is 0 Å². The van der Waals surface area contributed by atoms with Crippen LogP contribution in [0.25, 0.3) is 0 Å². The quantitative estimate of drug-likeness (QED) is 0.665. The maximum absolute atomic E-state index is 11.4. The standard InChI is InChI=1S/C12H18O3/c13-11-6-7-12(14)10(11)5-1-3-9-4-2-8-15-9/h9-10H,1-8H2. The van der Waals surface area contributed by atoms with Crippen molar-refractivity contribution in [3.8, 4) is 0 Å². The smallest absolute Gasteiger partial charge is 0.143 e. The first-order chi connectivity index (χ1) is 7.27. The van der Waals surface area contributed by atoms with E-state index in [1.807, 2.05) is 0 Å². The van der Waals surface area contributed by atoms with Gasteiger partial charge in [0.25, 0.3) is 0 Å². The van der Waals surface area contributed by atoms with Gasteiger partial charge in [-0.3, -0.25) is 9.59 Å². The summed E-state index contributed by atoms with van der Waals surface area (Å²) in [5, 5.41) is 0. The lowest BCUT2D eigenvalue weighted by Gasteiger charge is -2.10. The van der Waals surface area contributed by atoms with Crippen molar-refractivity contribution < 1.29 is 14.3 Å². The van der Waals surface area contributed by atoms with Crippen LogP contribution < -0.4 is 0 Å². The zero-order chi connectivity index (χ0) is 10.7. The Morgan fingerprint density at radius 2 is 1.87 bits per heavy atom. The summed E-state index contributed by atoms with van der Waals surface area (Å²) in [5.74, 6) is 0.0473. The molecule has 0 aromatic rings. The third-order valence-electron chi connectivity index (χ3n) is 3.44. The van der Waals surface area contributed by atoms with E-state index in [1.54, 1.807) is 0 Å². The molecule has 15 heavy (non-hydrogen) atoms. The third kappa shape index (κ3) is 2.65. The zero-order valence-electron chi connectivity index (χ0n) is 9.04. The summed E-state index contributed by atoms with van der Waals surface area (Å²) in [4.78, 5) is 22.7. The van der Waals surface area contributed by atoms with E-state index in [0.717, 1.165) is 38.7 Å². The number of hydrogen-bond donors (Lipinski definition) is 0. The summed E-state index contributed by atoms with van der Waals surface area (Å²) >= 11 is 0. The predicted octanol–water partition coefficient (Wildman–Crippen LogP) is 1.88. The van der Waals surface area contributed by atoms with Crippen molar-refractivity contribution >= 4 is 11.6 Å². The van der Waals surface area contributed by atoms with Crippen LogP contribution >= 0.6 is 0 Å². The lowest BCUT2D eigenvalue weighted by Crippen LogP contribution is -2.15. The van der Waals surface area contributed by atoms with Crippen LogP contribution in [0.3, 0.4) is 0 Å². The number of Topliss-reactive ketones (excluding diaryl/α,β-unsaturated/α-hetero) is 2. The van der Waals surface area contributed by atoms with Gasteiger partial charge in [-0.05, 0) is 32.1 Å². The van der Waals surface area contributed by atoms with Gasteiger partial charge in [0.2, 0.25) is 0 Å². The Morgan fingerprint density at radius 1 is 1.13 bits per heavy atom. The predicted molar refractivity (Wildman–Crippen MR) is 55.6 cm³/mol. The molecule has 2 aliphatic rings. The molecule has 2 fully saturated rings.